The van der Waals surface area contributed by atoms with Crippen molar-refractivity contribution in [1.29, 1.82) is 0 Å². The van der Waals surface area contributed by atoms with Crippen LogP contribution in [-0.2, 0) is 13.0 Å². The summed E-state index contributed by atoms with van der Waals surface area (Å²) < 4.78 is 1.84. The monoisotopic (exact) mass is 336 g/mol. The van der Waals surface area contributed by atoms with Gasteiger partial charge in [0.05, 0.1) is 6.54 Å². The van der Waals surface area contributed by atoms with Crippen molar-refractivity contribution in [2.75, 3.05) is 5.75 Å². The van der Waals surface area contributed by atoms with Crippen LogP contribution in [0.5, 0.6) is 0 Å². The number of hydrogen-bond donors (Lipinski definition) is 0. The number of thiophene rings is 1. The van der Waals surface area contributed by atoms with E-state index in [0.717, 1.165) is 34.5 Å². The fraction of sp³-hybridized carbons (Fsp3) is 0.214. The molecular formula is C14H13ClN4S2. The largest absolute Gasteiger partial charge is 0.215 e. The Morgan fingerprint density at radius 3 is 2.90 bits per heavy atom. The van der Waals surface area contributed by atoms with Gasteiger partial charge in [-0.25, -0.2) is 4.68 Å². The maximum absolute atomic E-state index is 6.16. The first-order valence-corrected chi connectivity index (χ1v) is 8.72. The second-order valence-electron chi connectivity index (χ2n) is 4.39. The van der Waals surface area contributed by atoms with E-state index in [-0.39, 0.29) is 0 Å². The van der Waals surface area contributed by atoms with Gasteiger partial charge in [-0.05, 0) is 39.9 Å². The summed E-state index contributed by atoms with van der Waals surface area (Å²) in [6.45, 7) is 0.721. The maximum atomic E-state index is 6.16. The Balaban J connectivity index is 1.59. The summed E-state index contributed by atoms with van der Waals surface area (Å²) in [5.41, 5.74) is 1.16. The first-order chi connectivity index (χ1) is 10.3. The molecule has 2 aromatic heterocycles. The van der Waals surface area contributed by atoms with E-state index >= 15 is 0 Å². The number of nitrogens with zero attached hydrogens (tertiary/aromatic N) is 4. The van der Waals surface area contributed by atoms with Crippen LogP contribution >= 0.6 is 34.7 Å². The lowest BCUT2D eigenvalue weighted by atomic mass is 10.2. The highest BCUT2D eigenvalue weighted by molar-refractivity contribution is 7.99. The van der Waals surface area contributed by atoms with Gasteiger partial charge in [-0.3, -0.25) is 0 Å². The smallest absolute Gasteiger partial charge is 0.209 e. The second-order valence-corrected chi connectivity index (χ2v) is 6.89. The van der Waals surface area contributed by atoms with Gasteiger partial charge < -0.3 is 0 Å². The predicted molar refractivity (Wildman–Crippen MR) is 87.1 cm³/mol. The van der Waals surface area contributed by atoms with E-state index in [0.29, 0.717) is 0 Å². The number of aromatic nitrogens is 4. The molecule has 1 aromatic carbocycles. The van der Waals surface area contributed by atoms with Crippen LogP contribution in [-0.4, -0.2) is 26.0 Å². The molecule has 0 radical (unpaired) electrons. The Bertz CT molecular complexity index is 697. The van der Waals surface area contributed by atoms with Crippen molar-refractivity contribution in [1.82, 2.24) is 20.2 Å². The zero-order valence-electron chi connectivity index (χ0n) is 11.1. The molecule has 0 saturated heterocycles. The summed E-state index contributed by atoms with van der Waals surface area (Å²) in [6, 6.07) is 12.0. The Kier molecular flexibility index (Phi) is 4.90. The van der Waals surface area contributed by atoms with Gasteiger partial charge >= 0.3 is 0 Å². The average molecular weight is 337 g/mol. The first-order valence-electron chi connectivity index (χ1n) is 6.47. The van der Waals surface area contributed by atoms with Gasteiger partial charge in [-0.2, -0.15) is 0 Å². The molecule has 0 fully saturated rings. The maximum Gasteiger partial charge on any atom is 0.209 e. The van der Waals surface area contributed by atoms with Crippen molar-refractivity contribution in [2.45, 2.75) is 18.1 Å². The third-order valence-electron chi connectivity index (χ3n) is 2.95. The summed E-state index contributed by atoms with van der Waals surface area (Å²) >= 11 is 9.52. The molecule has 0 aliphatic carbocycles. The molecule has 0 unspecified atom stereocenters. The Labute approximate surface area is 136 Å². The number of benzene rings is 1. The quantitative estimate of drug-likeness (QED) is 0.643. The van der Waals surface area contributed by atoms with E-state index in [1.54, 1.807) is 23.1 Å². The zero-order valence-corrected chi connectivity index (χ0v) is 13.5. The highest BCUT2D eigenvalue weighted by Gasteiger charge is 2.08. The van der Waals surface area contributed by atoms with E-state index in [9.17, 15) is 0 Å². The fourth-order valence-electron chi connectivity index (χ4n) is 1.90. The molecule has 0 atom stereocenters. The minimum Gasteiger partial charge on any atom is -0.215 e. The van der Waals surface area contributed by atoms with Crippen molar-refractivity contribution in [3.8, 4) is 0 Å². The van der Waals surface area contributed by atoms with Gasteiger partial charge in [0, 0.05) is 15.7 Å². The SMILES string of the molecule is Clc1ccccc1CCSc1nnnn1Cc1cccs1. The Morgan fingerprint density at radius 1 is 1.19 bits per heavy atom. The van der Waals surface area contributed by atoms with Crippen LogP contribution in [0.3, 0.4) is 0 Å². The molecular weight excluding hydrogens is 324 g/mol. The molecule has 3 rings (SSSR count). The van der Waals surface area contributed by atoms with Gasteiger partial charge in [0.2, 0.25) is 5.16 Å². The lowest BCUT2D eigenvalue weighted by Gasteiger charge is -2.04. The summed E-state index contributed by atoms with van der Waals surface area (Å²) in [7, 11) is 0. The normalized spacial score (nSPS) is 10.9. The first kappa shape index (κ1) is 14.6. The molecule has 7 heteroatoms. The number of hydrogen-bond acceptors (Lipinski definition) is 5. The van der Waals surface area contributed by atoms with Crippen molar-refractivity contribution in [2.24, 2.45) is 0 Å². The molecule has 3 aromatic rings. The van der Waals surface area contributed by atoms with Crippen LogP contribution in [0.4, 0.5) is 0 Å². The molecule has 0 saturated carbocycles. The summed E-state index contributed by atoms with van der Waals surface area (Å²) in [5, 5.41) is 15.6. The van der Waals surface area contributed by atoms with Gasteiger partial charge in [-0.1, -0.05) is 47.6 Å². The van der Waals surface area contributed by atoms with Crippen LogP contribution in [0.25, 0.3) is 0 Å². The summed E-state index contributed by atoms with van der Waals surface area (Å²) in [6.07, 6.45) is 0.899. The van der Waals surface area contributed by atoms with Crippen LogP contribution < -0.4 is 0 Å². The highest BCUT2D eigenvalue weighted by atomic mass is 35.5. The fourth-order valence-corrected chi connectivity index (χ4v) is 3.67. The average Bonchev–Trinajstić information content (AvgIpc) is 3.14. The van der Waals surface area contributed by atoms with Crippen molar-refractivity contribution < 1.29 is 0 Å². The molecule has 0 spiro atoms. The molecule has 0 aliphatic rings. The summed E-state index contributed by atoms with van der Waals surface area (Å²) in [5.74, 6) is 0.897. The van der Waals surface area contributed by atoms with Crippen molar-refractivity contribution >= 4 is 34.7 Å². The van der Waals surface area contributed by atoms with Gasteiger partial charge in [-0.15, -0.1) is 16.4 Å². The van der Waals surface area contributed by atoms with E-state index in [2.05, 4.69) is 33.0 Å². The molecule has 108 valence electrons. The van der Waals surface area contributed by atoms with Gasteiger partial charge in [0.25, 0.3) is 0 Å². The van der Waals surface area contributed by atoms with Gasteiger partial charge in [0.1, 0.15) is 0 Å². The number of rotatable bonds is 6. The highest BCUT2D eigenvalue weighted by Crippen LogP contribution is 2.21. The zero-order chi connectivity index (χ0) is 14.5. The van der Waals surface area contributed by atoms with E-state index < -0.39 is 0 Å². The molecule has 0 aliphatic heterocycles. The minimum absolute atomic E-state index is 0.721. The number of thioether (sulfide) groups is 1. The molecule has 4 nitrogen and oxygen atoms in total. The lowest BCUT2D eigenvalue weighted by Crippen LogP contribution is -2.03. The molecule has 0 N–H and O–H groups in total. The minimum atomic E-state index is 0.721. The van der Waals surface area contributed by atoms with Crippen LogP contribution in [0.15, 0.2) is 46.9 Å². The third-order valence-corrected chi connectivity index (χ3v) is 5.13. The van der Waals surface area contributed by atoms with Crippen molar-refractivity contribution in [3.05, 3.63) is 57.2 Å². The predicted octanol–water partition coefficient (Wildman–Crippen LogP) is 3.77. The lowest BCUT2D eigenvalue weighted by molar-refractivity contribution is 0.608. The van der Waals surface area contributed by atoms with E-state index in [1.165, 1.54) is 4.88 Å². The molecule has 21 heavy (non-hydrogen) atoms. The Hall–Kier alpha value is -1.37. The second kappa shape index (κ2) is 7.06. The summed E-state index contributed by atoms with van der Waals surface area (Å²) in [4.78, 5) is 1.25. The van der Waals surface area contributed by atoms with E-state index in [1.807, 2.05) is 28.9 Å². The van der Waals surface area contributed by atoms with Crippen LogP contribution in [0.2, 0.25) is 5.02 Å². The number of aryl methyl sites for hydroxylation is 1. The van der Waals surface area contributed by atoms with Crippen LogP contribution in [0.1, 0.15) is 10.4 Å². The third kappa shape index (κ3) is 3.84. The molecule has 0 amide bonds. The number of tetrazole rings is 1. The van der Waals surface area contributed by atoms with Gasteiger partial charge in [0.15, 0.2) is 0 Å². The van der Waals surface area contributed by atoms with E-state index in [4.69, 9.17) is 11.6 Å². The van der Waals surface area contributed by atoms with Crippen LogP contribution in [0, 0.1) is 0 Å². The standard InChI is InChI=1S/C14H13ClN4S2/c15-13-6-2-1-4-11(13)7-9-21-14-16-17-18-19(14)10-12-5-3-8-20-12/h1-6,8H,7,9-10H2. The topological polar surface area (TPSA) is 43.6 Å². The molecule has 2 heterocycles. The van der Waals surface area contributed by atoms with Crippen molar-refractivity contribution in [3.63, 3.8) is 0 Å². The Morgan fingerprint density at radius 2 is 2.10 bits per heavy atom. The molecule has 0 bridgehead atoms. The number of halogens is 1.